The predicted octanol–water partition coefficient (Wildman–Crippen LogP) is 1.93. The largest absolute Gasteiger partial charge is 0.379 e. The Morgan fingerprint density at radius 2 is 2.12 bits per heavy atom. The summed E-state index contributed by atoms with van der Waals surface area (Å²) < 4.78 is 23.6. The van der Waals surface area contributed by atoms with Crippen molar-refractivity contribution >= 4 is 5.91 Å². The van der Waals surface area contributed by atoms with Gasteiger partial charge in [0.1, 0.15) is 5.82 Å². The zero-order chi connectivity index (χ0) is 16.8. The highest BCUT2D eigenvalue weighted by Crippen LogP contribution is 2.20. The van der Waals surface area contributed by atoms with Crippen molar-refractivity contribution in [1.82, 2.24) is 15.4 Å². The van der Waals surface area contributed by atoms with Gasteiger partial charge < -0.3 is 14.6 Å². The number of carbonyl (C=O) groups is 1. The molecule has 1 N–H and O–H groups in total. The van der Waals surface area contributed by atoms with Gasteiger partial charge in [-0.2, -0.15) is 0 Å². The van der Waals surface area contributed by atoms with Gasteiger partial charge in [0.2, 0.25) is 0 Å². The highest BCUT2D eigenvalue weighted by Gasteiger charge is 2.14. The summed E-state index contributed by atoms with van der Waals surface area (Å²) in [5.41, 5.74) is 0.745. The normalized spacial score (nSPS) is 15.4. The zero-order valence-electron chi connectivity index (χ0n) is 13.3. The molecule has 2 heterocycles. The number of nitrogens with zero attached hydrogens (tertiary/aromatic N) is 2. The minimum Gasteiger partial charge on any atom is -0.379 e. The first-order valence-electron chi connectivity index (χ1n) is 8.03. The monoisotopic (exact) mass is 333 g/mol. The van der Waals surface area contributed by atoms with Crippen LogP contribution in [-0.4, -0.2) is 55.4 Å². The zero-order valence-corrected chi connectivity index (χ0v) is 13.3. The standard InChI is InChI=1S/C17H20FN3O3/c18-14-4-1-3-13(11-14)16-12-15(20-24-16)17(22)19-5-2-6-21-7-9-23-10-8-21/h1,3-4,11-12H,2,5-10H2,(H,19,22). The van der Waals surface area contributed by atoms with E-state index in [1.807, 2.05) is 0 Å². The van der Waals surface area contributed by atoms with Gasteiger partial charge in [-0.15, -0.1) is 0 Å². The maximum Gasteiger partial charge on any atom is 0.273 e. The van der Waals surface area contributed by atoms with Gasteiger partial charge in [0.05, 0.1) is 13.2 Å². The molecule has 0 saturated carbocycles. The quantitative estimate of drug-likeness (QED) is 0.818. The van der Waals surface area contributed by atoms with E-state index in [9.17, 15) is 9.18 Å². The molecule has 0 atom stereocenters. The van der Waals surface area contributed by atoms with Gasteiger partial charge >= 0.3 is 0 Å². The second kappa shape index (κ2) is 8.03. The molecule has 0 radical (unpaired) electrons. The molecule has 1 aliphatic heterocycles. The van der Waals surface area contributed by atoms with Crippen LogP contribution in [0.3, 0.4) is 0 Å². The van der Waals surface area contributed by atoms with E-state index < -0.39 is 0 Å². The number of hydrogen-bond acceptors (Lipinski definition) is 5. The molecule has 1 aliphatic rings. The van der Waals surface area contributed by atoms with Crippen LogP contribution in [0, 0.1) is 5.82 Å². The number of benzene rings is 1. The van der Waals surface area contributed by atoms with Crippen LogP contribution in [0.5, 0.6) is 0 Å². The number of halogens is 1. The lowest BCUT2D eigenvalue weighted by Crippen LogP contribution is -2.38. The number of carbonyl (C=O) groups excluding carboxylic acids is 1. The molecule has 1 saturated heterocycles. The molecule has 0 aliphatic carbocycles. The van der Waals surface area contributed by atoms with E-state index in [0.29, 0.717) is 17.9 Å². The maximum absolute atomic E-state index is 13.2. The van der Waals surface area contributed by atoms with Crippen LogP contribution in [0.25, 0.3) is 11.3 Å². The molecule has 1 amide bonds. The number of morpholine rings is 1. The Bertz CT molecular complexity index is 683. The third-order valence-corrected chi connectivity index (χ3v) is 3.89. The van der Waals surface area contributed by atoms with Crippen LogP contribution in [0.4, 0.5) is 4.39 Å². The lowest BCUT2D eigenvalue weighted by atomic mass is 10.1. The number of aromatic nitrogens is 1. The highest BCUT2D eigenvalue weighted by molar-refractivity contribution is 5.93. The van der Waals surface area contributed by atoms with Crippen molar-refractivity contribution in [1.29, 1.82) is 0 Å². The Morgan fingerprint density at radius 3 is 2.92 bits per heavy atom. The van der Waals surface area contributed by atoms with Crippen LogP contribution >= 0.6 is 0 Å². The summed E-state index contributed by atoms with van der Waals surface area (Å²) in [6.45, 7) is 4.92. The number of hydrogen-bond donors (Lipinski definition) is 1. The van der Waals surface area contributed by atoms with Crippen LogP contribution in [0.15, 0.2) is 34.9 Å². The van der Waals surface area contributed by atoms with Gasteiger partial charge in [0.15, 0.2) is 11.5 Å². The molecular formula is C17H20FN3O3. The van der Waals surface area contributed by atoms with Crippen LogP contribution < -0.4 is 5.32 Å². The lowest BCUT2D eigenvalue weighted by Gasteiger charge is -2.26. The fraction of sp³-hybridized carbons (Fsp3) is 0.412. The van der Waals surface area contributed by atoms with Gasteiger partial charge in [-0.1, -0.05) is 17.3 Å². The topological polar surface area (TPSA) is 67.6 Å². The lowest BCUT2D eigenvalue weighted by molar-refractivity contribution is 0.0374. The Labute approximate surface area is 139 Å². The van der Waals surface area contributed by atoms with Gasteiger partial charge in [-0.05, 0) is 25.1 Å². The van der Waals surface area contributed by atoms with E-state index in [2.05, 4.69) is 15.4 Å². The third-order valence-electron chi connectivity index (χ3n) is 3.89. The second-order valence-corrected chi connectivity index (χ2v) is 5.65. The van der Waals surface area contributed by atoms with E-state index >= 15 is 0 Å². The van der Waals surface area contributed by atoms with Crippen molar-refractivity contribution in [3.63, 3.8) is 0 Å². The van der Waals surface area contributed by atoms with Crippen molar-refractivity contribution in [3.05, 3.63) is 41.8 Å². The molecule has 0 unspecified atom stereocenters. The molecule has 0 bridgehead atoms. The number of amides is 1. The molecule has 6 nitrogen and oxygen atoms in total. The maximum atomic E-state index is 13.2. The van der Waals surface area contributed by atoms with E-state index in [4.69, 9.17) is 9.26 Å². The summed E-state index contributed by atoms with van der Waals surface area (Å²) in [4.78, 5) is 14.4. The van der Waals surface area contributed by atoms with Crippen molar-refractivity contribution in [2.24, 2.45) is 0 Å². The predicted molar refractivity (Wildman–Crippen MR) is 86.1 cm³/mol. The molecule has 24 heavy (non-hydrogen) atoms. The molecular weight excluding hydrogens is 313 g/mol. The molecule has 0 spiro atoms. The van der Waals surface area contributed by atoms with Crippen LogP contribution in [0.2, 0.25) is 0 Å². The van der Waals surface area contributed by atoms with Crippen LogP contribution in [-0.2, 0) is 4.74 Å². The fourth-order valence-electron chi connectivity index (χ4n) is 2.58. The summed E-state index contributed by atoms with van der Waals surface area (Å²) in [5.74, 6) is -0.283. The first-order chi connectivity index (χ1) is 11.7. The van der Waals surface area contributed by atoms with Crippen LogP contribution in [0.1, 0.15) is 16.9 Å². The Kier molecular flexibility index (Phi) is 5.55. The molecule has 3 rings (SSSR count). The average Bonchev–Trinajstić information content (AvgIpc) is 3.10. The molecule has 1 aromatic carbocycles. The van der Waals surface area contributed by atoms with E-state index in [1.165, 1.54) is 18.2 Å². The Hall–Kier alpha value is -2.25. The van der Waals surface area contributed by atoms with Gasteiger partial charge in [-0.3, -0.25) is 9.69 Å². The average molecular weight is 333 g/mol. The minimum atomic E-state index is -0.363. The van der Waals surface area contributed by atoms with Gasteiger partial charge in [0.25, 0.3) is 5.91 Å². The van der Waals surface area contributed by atoms with Crippen molar-refractivity contribution in [2.75, 3.05) is 39.4 Å². The molecule has 1 aromatic heterocycles. The first kappa shape index (κ1) is 16.6. The number of nitrogens with one attached hydrogen (secondary N) is 1. The van der Waals surface area contributed by atoms with Gasteiger partial charge in [0, 0.05) is 31.3 Å². The van der Waals surface area contributed by atoms with Crippen molar-refractivity contribution in [3.8, 4) is 11.3 Å². The number of rotatable bonds is 6. The van der Waals surface area contributed by atoms with Crippen molar-refractivity contribution in [2.45, 2.75) is 6.42 Å². The fourth-order valence-corrected chi connectivity index (χ4v) is 2.58. The van der Waals surface area contributed by atoms with Gasteiger partial charge in [-0.25, -0.2) is 4.39 Å². The highest BCUT2D eigenvalue weighted by atomic mass is 19.1. The van der Waals surface area contributed by atoms with E-state index in [-0.39, 0.29) is 17.4 Å². The summed E-state index contributed by atoms with van der Waals surface area (Å²) in [5, 5.41) is 6.58. The molecule has 128 valence electrons. The minimum absolute atomic E-state index is 0.195. The second-order valence-electron chi connectivity index (χ2n) is 5.65. The summed E-state index contributed by atoms with van der Waals surface area (Å²) in [7, 11) is 0. The summed E-state index contributed by atoms with van der Waals surface area (Å²) in [6.07, 6.45) is 0.861. The molecule has 1 fully saturated rings. The SMILES string of the molecule is O=C(NCCCN1CCOCC1)c1cc(-c2cccc(F)c2)on1. The van der Waals surface area contributed by atoms with E-state index in [1.54, 1.807) is 12.1 Å². The van der Waals surface area contributed by atoms with E-state index in [0.717, 1.165) is 39.3 Å². The van der Waals surface area contributed by atoms with Crippen molar-refractivity contribution < 1.29 is 18.4 Å². The molecule has 7 heteroatoms. The first-order valence-corrected chi connectivity index (χ1v) is 8.03. The summed E-state index contributed by atoms with van der Waals surface area (Å²) >= 11 is 0. The molecule has 2 aromatic rings. The Balaban J connectivity index is 1.47. The smallest absolute Gasteiger partial charge is 0.273 e. The summed E-state index contributed by atoms with van der Waals surface area (Å²) in [6, 6.07) is 7.49. The Morgan fingerprint density at radius 1 is 1.29 bits per heavy atom. The number of ether oxygens (including phenoxy) is 1. The third kappa shape index (κ3) is 4.39.